The molecule has 7 unspecified atom stereocenters. The molecule has 6 aliphatic heterocycles. The zero-order chi connectivity index (χ0) is 66.5. The quantitative estimate of drug-likeness (QED) is 0.155. The van der Waals surface area contributed by atoms with Crippen LogP contribution >= 0.6 is 0 Å². The summed E-state index contributed by atoms with van der Waals surface area (Å²) in [4.78, 5) is 0. The lowest BCUT2D eigenvalue weighted by Gasteiger charge is -2.38. The Balaban J connectivity index is 0.000000173. The van der Waals surface area contributed by atoms with E-state index in [1.165, 1.54) is 56.3 Å². The van der Waals surface area contributed by atoms with Gasteiger partial charge in [-0.05, 0) is 196 Å². The average Bonchev–Trinajstić information content (AvgIpc) is 0.983. The van der Waals surface area contributed by atoms with Gasteiger partial charge >= 0.3 is 0 Å². The minimum Gasteiger partial charge on any atom is -0.493 e. The second-order valence-corrected chi connectivity index (χ2v) is 32.0. The summed E-state index contributed by atoms with van der Waals surface area (Å²) in [6.07, 6.45) is 11.1. The Kier molecular flexibility index (Phi) is 24.0. The number of fused-ring (bicyclic) bond motifs is 6. The van der Waals surface area contributed by atoms with Crippen LogP contribution in [0.1, 0.15) is 223 Å². The van der Waals surface area contributed by atoms with E-state index in [1.54, 1.807) is 13.0 Å². The molecular formula is C83H116O8. The fraction of sp³-hybridized carbons (Fsp3) is 0.518. The Morgan fingerprint density at radius 3 is 1.51 bits per heavy atom. The van der Waals surface area contributed by atoms with E-state index < -0.39 is 11.7 Å². The van der Waals surface area contributed by atoms with Crippen molar-refractivity contribution in [1.82, 2.24) is 0 Å². The predicted octanol–water partition coefficient (Wildman–Crippen LogP) is 21.4. The normalized spacial score (nSPS) is 21.7. The number of ether oxygens (including phenoxy) is 6. The van der Waals surface area contributed by atoms with Crippen molar-refractivity contribution in [3.05, 3.63) is 194 Å². The average molecular weight is 1240 g/mol. The Morgan fingerprint density at radius 2 is 0.945 bits per heavy atom. The van der Waals surface area contributed by atoms with Crippen LogP contribution < -0.4 is 28.4 Å². The molecule has 0 radical (unpaired) electrons. The molecule has 6 aliphatic rings. The van der Waals surface area contributed by atoms with E-state index in [0.29, 0.717) is 35.9 Å². The van der Waals surface area contributed by atoms with Crippen molar-refractivity contribution in [3.8, 4) is 34.5 Å². The van der Waals surface area contributed by atoms with Crippen molar-refractivity contribution in [3.63, 3.8) is 0 Å². The van der Waals surface area contributed by atoms with Crippen molar-refractivity contribution >= 4 is 6.08 Å². The Bertz CT molecular complexity index is 3370. The second-order valence-electron chi connectivity index (χ2n) is 32.0. The van der Waals surface area contributed by atoms with Crippen molar-refractivity contribution in [1.29, 1.82) is 0 Å². The Morgan fingerprint density at radius 1 is 0.484 bits per heavy atom. The lowest BCUT2D eigenvalue weighted by molar-refractivity contribution is 0.00797. The van der Waals surface area contributed by atoms with Crippen LogP contribution in [0, 0.1) is 74.5 Å². The highest BCUT2D eigenvalue weighted by Crippen LogP contribution is 2.44. The predicted molar refractivity (Wildman–Crippen MR) is 381 cm³/mol. The summed E-state index contributed by atoms with van der Waals surface area (Å²) in [5, 5.41) is 20.1. The highest BCUT2D eigenvalue weighted by atomic mass is 16.5. The Labute approximate surface area is 551 Å². The highest BCUT2D eigenvalue weighted by molar-refractivity contribution is 5.64. The molecule has 8 nitrogen and oxygen atoms in total. The van der Waals surface area contributed by atoms with E-state index in [-0.39, 0.29) is 35.2 Å². The molecule has 0 spiro atoms. The van der Waals surface area contributed by atoms with Crippen LogP contribution in [0.2, 0.25) is 0 Å². The zero-order valence-electron chi connectivity index (χ0n) is 59.4. The molecule has 0 bridgehead atoms. The first-order valence-electron chi connectivity index (χ1n) is 33.1. The van der Waals surface area contributed by atoms with E-state index in [4.69, 9.17) is 28.4 Å². The third-order valence-corrected chi connectivity index (χ3v) is 18.3. The van der Waals surface area contributed by atoms with Crippen LogP contribution in [0.4, 0.5) is 0 Å². The summed E-state index contributed by atoms with van der Waals surface area (Å²) in [6, 6.07) is 37.6. The molecule has 6 heterocycles. The van der Waals surface area contributed by atoms with Crippen molar-refractivity contribution in [2.24, 2.45) is 33.0 Å². The van der Waals surface area contributed by atoms with Gasteiger partial charge in [0.15, 0.2) is 0 Å². The third-order valence-electron chi connectivity index (χ3n) is 18.3. The van der Waals surface area contributed by atoms with Gasteiger partial charge in [-0.15, -0.1) is 0 Å². The molecule has 6 aromatic carbocycles. The molecule has 0 saturated carbocycles. The number of rotatable bonds is 0. The first-order valence-corrected chi connectivity index (χ1v) is 33.1. The van der Waals surface area contributed by atoms with Gasteiger partial charge in [0.25, 0.3) is 0 Å². The summed E-state index contributed by atoms with van der Waals surface area (Å²) in [7, 11) is 0. The standard InChI is InChI=1S/C15H22O.C14H20O2.2C14H20O.C14H18O.C11H12O2.CH4/c1-10-6-7-13-12(8-10)11(2)9-14(16-13)15(3,4)5;1-9-5-6-12-10(7-9)11(15)8-13(16-12)14(2,3)4;1-10-5-7-12-11(9-10)6-8-13(15-12)14(2,3)4;2*1-10-5-6-13-11(7-10)8-12(9-15-13)14(2,3)4;1-8-3-4-10-9(7-8)11(2,12)5-6-13-10;/h6-8,11,14H,9H2,1-5H3;5-7,11,13,15H,8H2,1-4H3;5,7,9,13H,6,8H2,1-4H3;5-7,12H,8-9H2,1-4H3;5-8H,9H2,1-4H3;3-7,12H,1-2H3;1H4. The monoisotopic (exact) mass is 1240 g/mol. The molecule has 0 aliphatic carbocycles. The van der Waals surface area contributed by atoms with Crippen LogP contribution in [0.15, 0.2) is 127 Å². The maximum Gasteiger partial charge on any atom is 0.132 e. The van der Waals surface area contributed by atoms with Crippen LogP contribution in [-0.4, -0.2) is 41.7 Å². The SMILES string of the molecule is C.Cc1ccc2c(c1)C(C)(O)C=CO2.Cc1ccc2c(c1)C(C)CC(C(C)(C)C)O2.Cc1ccc2c(c1)C(O)CC(C(C)(C)C)O2.Cc1ccc2c(c1)C=C(C(C)(C)C)CO2.Cc1ccc2c(c1)CC(C(C)(C)C)CO2.Cc1ccc2c(c1)CCC(C(C)(C)C)O2. The number of aliphatic hydroxyl groups excluding tert-OH is 1. The minimum absolute atomic E-state index is 0. The van der Waals surface area contributed by atoms with Gasteiger partial charge in [-0.1, -0.05) is 206 Å². The second kappa shape index (κ2) is 29.6. The van der Waals surface area contributed by atoms with Gasteiger partial charge < -0.3 is 38.6 Å². The van der Waals surface area contributed by atoms with Gasteiger partial charge in [-0.3, -0.25) is 0 Å². The van der Waals surface area contributed by atoms with E-state index >= 15 is 0 Å². The summed E-state index contributed by atoms with van der Waals surface area (Å²) in [5.41, 5.74) is 16.1. The molecule has 2 N–H and O–H groups in total. The van der Waals surface area contributed by atoms with Crippen molar-refractivity contribution in [2.75, 3.05) is 13.2 Å². The number of benzene rings is 6. The van der Waals surface area contributed by atoms with Gasteiger partial charge in [0, 0.05) is 29.0 Å². The molecule has 0 amide bonds. The molecule has 0 fully saturated rings. The minimum atomic E-state index is -0.903. The Hall–Kier alpha value is -6.48. The highest BCUT2D eigenvalue weighted by Gasteiger charge is 2.37. The van der Waals surface area contributed by atoms with E-state index in [2.05, 4.69) is 217 Å². The van der Waals surface area contributed by atoms with Crippen LogP contribution in [0.25, 0.3) is 6.08 Å². The van der Waals surface area contributed by atoms with Crippen LogP contribution in [0.3, 0.4) is 0 Å². The fourth-order valence-electron chi connectivity index (χ4n) is 11.8. The van der Waals surface area contributed by atoms with Gasteiger partial charge in [0.05, 0.1) is 19.0 Å². The smallest absolute Gasteiger partial charge is 0.132 e. The molecule has 496 valence electrons. The number of hydrogen-bond acceptors (Lipinski definition) is 8. The summed E-state index contributed by atoms with van der Waals surface area (Å²) < 4.78 is 35.0. The lowest BCUT2D eigenvalue weighted by atomic mass is 9.76. The van der Waals surface area contributed by atoms with Gasteiger partial charge in [0.1, 0.15) is 65.0 Å². The van der Waals surface area contributed by atoms with Gasteiger partial charge in [0.2, 0.25) is 0 Å². The van der Waals surface area contributed by atoms with Crippen molar-refractivity contribution in [2.45, 2.75) is 235 Å². The van der Waals surface area contributed by atoms with Crippen LogP contribution in [0.5, 0.6) is 34.5 Å². The van der Waals surface area contributed by atoms with E-state index in [0.717, 1.165) is 95.6 Å². The zero-order valence-corrected chi connectivity index (χ0v) is 59.4. The maximum atomic E-state index is 10.1. The van der Waals surface area contributed by atoms with E-state index in [9.17, 15) is 10.2 Å². The lowest BCUT2D eigenvalue weighted by Crippen LogP contribution is -2.36. The molecular weight excluding hydrogens is 1120 g/mol. The molecule has 12 rings (SSSR count). The summed E-state index contributed by atoms with van der Waals surface area (Å²) in [6.45, 7) is 51.7. The molecule has 0 saturated heterocycles. The van der Waals surface area contributed by atoms with Crippen LogP contribution in [-0.2, 0) is 18.4 Å². The number of hydrogen-bond donors (Lipinski definition) is 2. The molecule has 91 heavy (non-hydrogen) atoms. The molecule has 8 heteroatoms. The topological polar surface area (TPSA) is 95.8 Å². The van der Waals surface area contributed by atoms with Gasteiger partial charge in [-0.2, -0.15) is 0 Å². The van der Waals surface area contributed by atoms with E-state index in [1.807, 2.05) is 50.2 Å². The van der Waals surface area contributed by atoms with Gasteiger partial charge in [-0.25, -0.2) is 0 Å². The van der Waals surface area contributed by atoms with Crippen molar-refractivity contribution < 1.29 is 38.6 Å². The molecule has 6 aromatic rings. The molecule has 7 atom stereocenters. The number of aliphatic hydroxyl groups is 2. The summed E-state index contributed by atoms with van der Waals surface area (Å²) >= 11 is 0. The largest absolute Gasteiger partial charge is 0.493 e. The molecule has 0 aromatic heterocycles. The summed E-state index contributed by atoms with van der Waals surface area (Å²) in [5.74, 6) is 7.08. The number of aryl methyl sites for hydroxylation is 7. The maximum absolute atomic E-state index is 10.1. The third kappa shape index (κ3) is 20.3. The fourth-order valence-corrected chi connectivity index (χ4v) is 11.8. The first kappa shape index (κ1) is 73.6. The first-order chi connectivity index (χ1) is 41.7.